The smallest absolute Gasteiger partial charge is 0.322 e. The molecule has 0 spiro atoms. The van der Waals surface area contributed by atoms with Gasteiger partial charge in [0.05, 0.1) is 10.9 Å². The van der Waals surface area contributed by atoms with Crippen LogP contribution in [0.3, 0.4) is 0 Å². The number of rotatable bonds is 5. The molecule has 0 aromatic heterocycles. The molecule has 2 saturated heterocycles. The molecule has 2 aliphatic rings. The third-order valence-corrected chi connectivity index (χ3v) is 7.11. The summed E-state index contributed by atoms with van der Waals surface area (Å²) in [6.07, 6.45) is 1.11. The van der Waals surface area contributed by atoms with Crippen LogP contribution in [0.2, 0.25) is 5.02 Å². The summed E-state index contributed by atoms with van der Waals surface area (Å²) >= 11 is 5.85. The first kappa shape index (κ1) is 19.7. The fourth-order valence-corrected chi connectivity index (χ4v) is 5.38. The zero-order valence-corrected chi connectivity index (χ0v) is 16.7. The van der Waals surface area contributed by atoms with E-state index in [9.17, 15) is 18.0 Å². The van der Waals surface area contributed by atoms with Crippen molar-refractivity contribution < 1.29 is 22.7 Å². The fraction of sp³-hybridized carbons (Fsp3) is 0.263. The van der Waals surface area contributed by atoms with Crippen LogP contribution in [0.5, 0.6) is 11.5 Å². The monoisotopic (exact) mass is 435 g/mol. The van der Waals surface area contributed by atoms with E-state index in [1.807, 2.05) is 0 Å². The third kappa shape index (κ3) is 3.93. The molecule has 1 unspecified atom stereocenters. The maximum Gasteiger partial charge on any atom is 0.322 e. The van der Waals surface area contributed by atoms with Gasteiger partial charge in [-0.15, -0.1) is 0 Å². The summed E-state index contributed by atoms with van der Waals surface area (Å²) in [5, 5.41) is 5.25. The Morgan fingerprint density at radius 3 is 2.21 bits per heavy atom. The summed E-state index contributed by atoms with van der Waals surface area (Å²) in [4.78, 5) is 23.5. The number of amides is 3. The van der Waals surface area contributed by atoms with Crippen LogP contribution in [0.15, 0.2) is 53.4 Å². The highest BCUT2D eigenvalue weighted by Gasteiger charge is 2.45. The number of hydrogen-bond donors (Lipinski definition) is 2. The van der Waals surface area contributed by atoms with E-state index in [0.29, 0.717) is 29.4 Å². The van der Waals surface area contributed by atoms with E-state index in [1.165, 1.54) is 16.4 Å². The molecule has 10 heteroatoms. The van der Waals surface area contributed by atoms with Crippen molar-refractivity contribution in [1.82, 2.24) is 14.9 Å². The number of benzene rings is 2. The molecule has 152 valence electrons. The van der Waals surface area contributed by atoms with Crippen molar-refractivity contribution in [2.24, 2.45) is 0 Å². The maximum atomic E-state index is 13.1. The topological polar surface area (TPSA) is 105 Å². The average Bonchev–Trinajstić information content (AvgIpc) is 3.30. The van der Waals surface area contributed by atoms with Crippen molar-refractivity contribution in [3.8, 4) is 11.5 Å². The van der Waals surface area contributed by atoms with Crippen LogP contribution in [0.25, 0.3) is 0 Å². The standard InChI is InChI=1S/C19H18ClN3O5S/c20-12-3-5-13(6-4-12)28-14-7-9-15(10-8-14)29(26,27)23-11-1-2-16(23)17-18(24)22-19(25)21-17/h3-10,16-17H,1-2,11H2,(H2,21,22,24,25)/t16?,17-/m0/s1. The molecule has 29 heavy (non-hydrogen) atoms. The number of nitrogens with one attached hydrogen (secondary N) is 2. The first-order valence-corrected chi connectivity index (χ1v) is 10.8. The van der Waals surface area contributed by atoms with E-state index in [-0.39, 0.29) is 11.4 Å². The molecule has 2 fully saturated rings. The number of urea groups is 1. The molecule has 8 nitrogen and oxygen atoms in total. The van der Waals surface area contributed by atoms with E-state index in [2.05, 4.69) is 10.6 Å². The van der Waals surface area contributed by atoms with Crippen molar-refractivity contribution in [3.63, 3.8) is 0 Å². The fourth-order valence-electron chi connectivity index (χ4n) is 3.55. The first-order chi connectivity index (χ1) is 13.8. The van der Waals surface area contributed by atoms with Gasteiger partial charge in [0, 0.05) is 11.6 Å². The minimum Gasteiger partial charge on any atom is -0.457 e. The van der Waals surface area contributed by atoms with Gasteiger partial charge in [-0.2, -0.15) is 4.31 Å². The van der Waals surface area contributed by atoms with E-state index in [4.69, 9.17) is 16.3 Å². The van der Waals surface area contributed by atoms with Crippen LogP contribution in [0, 0.1) is 0 Å². The van der Waals surface area contributed by atoms with Gasteiger partial charge in [-0.25, -0.2) is 13.2 Å². The van der Waals surface area contributed by atoms with E-state index >= 15 is 0 Å². The summed E-state index contributed by atoms with van der Waals surface area (Å²) in [5.74, 6) is 0.549. The lowest BCUT2D eigenvalue weighted by Crippen LogP contribution is -2.49. The third-order valence-electron chi connectivity index (χ3n) is 4.92. The van der Waals surface area contributed by atoms with E-state index < -0.39 is 34.0 Å². The Labute approximate surface area is 172 Å². The highest BCUT2D eigenvalue weighted by Crippen LogP contribution is 2.30. The van der Waals surface area contributed by atoms with Gasteiger partial charge in [0.2, 0.25) is 10.0 Å². The first-order valence-electron chi connectivity index (χ1n) is 9.01. The molecular weight excluding hydrogens is 418 g/mol. The van der Waals surface area contributed by atoms with Crippen LogP contribution >= 0.6 is 11.6 Å². The van der Waals surface area contributed by atoms with Crippen LogP contribution in [0.4, 0.5) is 4.79 Å². The highest BCUT2D eigenvalue weighted by molar-refractivity contribution is 7.89. The molecule has 0 radical (unpaired) electrons. The number of nitrogens with zero attached hydrogens (tertiary/aromatic N) is 1. The van der Waals surface area contributed by atoms with Crippen molar-refractivity contribution in [3.05, 3.63) is 53.6 Å². The number of hydrogen-bond acceptors (Lipinski definition) is 5. The number of carbonyl (C=O) groups excluding carboxylic acids is 2. The molecule has 2 N–H and O–H groups in total. The van der Waals surface area contributed by atoms with Crippen LogP contribution in [-0.4, -0.2) is 43.3 Å². The maximum absolute atomic E-state index is 13.1. The number of halogens is 1. The molecule has 0 bridgehead atoms. The zero-order valence-electron chi connectivity index (χ0n) is 15.2. The Balaban J connectivity index is 1.53. The molecule has 4 rings (SSSR count). The SMILES string of the molecule is O=C1NC(=O)[C@H](C2CCCN2S(=O)(=O)c2ccc(Oc3ccc(Cl)cc3)cc2)N1. The second-order valence-corrected chi connectivity index (χ2v) is 9.12. The molecule has 2 aliphatic heterocycles. The van der Waals surface area contributed by atoms with Crippen molar-refractivity contribution in [2.75, 3.05) is 6.54 Å². The summed E-state index contributed by atoms with van der Waals surface area (Å²) in [7, 11) is -3.83. The van der Waals surface area contributed by atoms with Crippen LogP contribution in [0.1, 0.15) is 12.8 Å². The molecule has 0 saturated carbocycles. The number of ether oxygens (including phenoxy) is 1. The van der Waals surface area contributed by atoms with Crippen molar-refractivity contribution >= 4 is 33.6 Å². The Morgan fingerprint density at radius 1 is 1.00 bits per heavy atom. The minimum absolute atomic E-state index is 0.0950. The van der Waals surface area contributed by atoms with Crippen LogP contribution < -0.4 is 15.4 Å². The minimum atomic E-state index is -3.83. The van der Waals surface area contributed by atoms with E-state index in [0.717, 1.165) is 0 Å². The molecule has 2 atom stereocenters. The Kier molecular flexibility index (Phi) is 5.20. The summed E-state index contributed by atoms with van der Waals surface area (Å²) < 4.78 is 33.2. The molecule has 3 amide bonds. The molecule has 2 heterocycles. The Morgan fingerprint density at radius 2 is 1.62 bits per heavy atom. The molecule has 0 aliphatic carbocycles. The summed E-state index contributed by atoms with van der Waals surface area (Å²) in [6, 6.07) is 10.8. The van der Waals surface area contributed by atoms with Gasteiger partial charge >= 0.3 is 6.03 Å². The number of carbonyl (C=O) groups is 2. The normalized spacial score (nSPS) is 22.4. The Hall–Kier alpha value is -2.62. The van der Waals surface area contributed by atoms with Crippen molar-refractivity contribution in [1.29, 1.82) is 0 Å². The van der Waals surface area contributed by atoms with Gasteiger partial charge < -0.3 is 10.1 Å². The number of imide groups is 1. The lowest BCUT2D eigenvalue weighted by molar-refractivity contribution is -0.121. The van der Waals surface area contributed by atoms with Gasteiger partial charge in [-0.3, -0.25) is 10.1 Å². The Bertz CT molecular complexity index is 1040. The molecule has 2 aromatic carbocycles. The zero-order chi connectivity index (χ0) is 20.6. The quantitative estimate of drug-likeness (QED) is 0.702. The second-order valence-electron chi connectivity index (χ2n) is 6.79. The van der Waals surface area contributed by atoms with Gasteiger partial charge in [0.25, 0.3) is 5.91 Å². The predicted octanol–water partition coefficient (Wildman–Crippen LogP) is 2.49. The van der Waals surface area contributed by atoms with Crippen LogP contribution in [-0.2, 0) is 14.8 Å². The van der Waals surface area contributed by atoms with Gasteiger partial charge in [-0.1, -0.05) is 11.6 Å². The molecule has 2 aromatic rings. The predicted molar refractivity (Wildman–Crippen MR) is 105 cm³/mol. The lowest BCUT2D eigenvalue weighted by atomic mass is 10.1. The van der Waals surface area contributed by atoms with E-state index in [1.54, 1.807) is 36.4 Å². The van der Waals surface area contributed by atoms with Crippen molar-refractivity contribution in [2.45, 2.75) is 29.8 Å². The van der Waals surface area contributed by atoms with Gasteiger partial charge in [0.1, 0.15) is 17.5 Å². The molecular formula is C19H18ClN3O5S. The van der Waals surface area contributed by atoms with Gasteiger partial charge in [-0.05, 0) is 61.4 Å². The second kappa shape index (κ2) is 7.66. The largest absolute Gasteiger partial charge is 0.457 e. The number of sulfonamides is 1. The lowest BCUT2D eigenvalue weighted by Gasteiger charge is -2.27. The summed E-state index contributed by atoms with van der Waals surface area (Å²) in [6.45, 7) is 0.287. The highest BCUT2D eigenvalue weighted by atomic mass is 35.5. The average molecular weight is 436 g/mol. The van der Waals surface area contributed by atoms with Gasteiger partial charge in [0.15, 0.2) is 0 Å². The summed E-state index contributed by atoms with van der Waals surface area (Å²) in [5.41, 5.74) is 0.